The Morgan fingerprint density at radius 3 is 2.32 bits per heavy atom. The number of β-amino-alcohol motifs (C(OH)–C–C–N with tert-alkyl or cyclic N) is 1. The van der Waals surface area contributed by atoms with E-state index in [1.54, 1.807) is 4.57 Å². The van der Waals surface area contributed by atoms with E-state index in [4.69, 9.17) is 18.5 Å². The third kappa shape index (κ3) is 16.3. The Morgan fingerprint density at radius 2 is 1.62 bits per heavy atom. The number of thioether (sulfide) groups is 1. The first-order chi connectivity index (χ1) is 24.3. The fourth-order valence-corrected chi connectivity index (χ4v) is 8.52. The van der Waals surface area contributed by atoms with E-state index in [-0.39, 0.29) is 32.3 Å². The van der Waals surface area contributed by atoms with E-state index in [2.05, 4.69) is 36.1 Å². The molecule has 0 spiro atoms. The van der Waals surface area contributed by atoms with E-state index < -0.39 is 32.4 Å². The van der Waals surface area contributed by atoms with Gasteiger partial charge in [0, 0.05) is 24.8 Å². The zero-order valence-electron chi connectivity index (χ0n) is 31.0. The Balaban J connectivity index is 1.31. The fraction of sp³-hybridized carbons (Fsp3) is 0.889. The van der Waals surface area contributed by atoms with Gasteiger partial charge in [-0.05, 0) is 31.9 Å². The van der Waals surface area contributed by atoms with E-state index >= 15 is 0 Å². The monoisotopic (exact) mass is 746 g/mol. The highest BCUT2D eigenvalue weighted by molar-refractivity contribution is 7.99. The molecule has 4 unspecified atom stereocenters. The van der Waals surface area contributed by atoms with E-state index in [0.717, 1.165) is 12.2 Å². The molecule has 0 radical (unpaired) electrons. The van der Waals surface area contributed by atoms with Crippen molar-refractivity contribution < 1.29 is 38.2 Å². The number of phosphoric ester groups is 1. The first kappa shape index (κ1) is 43.4. The van der Waals surface area contributed by atoms with Gasteiger partial charge in [0.25, 0.3) is 0 Å². The average molecular weight is 747 g/mol. The number of phosphoric acid groups is 1. The lowest BCUT2D eigenvalue weighted by Crippen LogP contribution is -2.26. The standard InChI is InChI=1S/C36H67N4O8PS/c1-4-6-8-10-11-12-13-14-16-18-23-50-33(20-17-15-9-7-5-2)29(3)45-21-19-22-46-49(43,44)47-26-32-30(41)24-34(48-32)40-28-39-35-31(42)25-37-27-38-36(35)40/h27-34,41-42H,4-26H2,1-3H3,(H,37,38)(H,43,44)/t29?,30-,31?,32+,33?,34-/m0/s1. The lowest BCUT2D eigenvalue weighted by atomic mass is 10.1. The predicted octanol–water partition coefficient (Wildman–Crippen LogP) is 8.14. The first-order valence-corrected chi connectivity index (χ1v) is 22.0. The van der Waals surface area contributed by atoms with Gasteiger partial charge in [-0.3, -0.25) is 13.6 Å². The summed E-state index contributed by atoms with van der Waals surface area (Å²) in [5.74, 6) is 1.59. The molecule has 1 aromatic heterocycles. The molecule has 1 saturated heterocycles. The van der Waals surface area contributed by atoms with Gasteiger partial charge in [0.05, 0.1) is 38.1 Å². The highest BCUT2D eigenvalue weighted by atomic mass is 32.2. The van der Waals surface area contributed by atoms with Gasteiger partial charge in [0.1, 0.15) is 24.1 Å². The minimum atomic E-state index is -4.36. The Morgan fingerprint density at radius 1 is 0.960 bits per heavy atom. The van der Waals surface area contributed by atoms with Crippen LogP contribution < -0.4 is 5.32 Å². The van der Waals surface area contributed by atoms with Crippen molar-refractivity contribution in [3.05, 3.63) is 12.0 Å². The summed E-state index contributed by atoms with van der Waals surface area (Å²) in [5.41, 5.74) is 0.414. The molecule has 0 saturated carbocycles. The molecular weight excluding hydrogens is 679 g/mol. The van der Waals surface area contributed by atoms with Gasteiger partial charge in [-0.1, -0.05) is 104 Å². The largest absolute Gasteiger partial charge is 0.472 e. The molecule has 4 N–H and O–H groups in total. The highest BCUT2D eigenvalue weighted by Crippen LogP contribution is 2.45. The number of rotatable bonds is 29. The molecule has 14 heteroatoms. The second-order valence-corrected chi connectivity index (χ2v) is 16.6. The summed E-state index contributed by atoms with van der Waals surface area (Å²) >= 11 is 2.05. The molecule has 7 atom stereocenters. The van der Waals surface area contributed by atoms with Crippen LogP contribution in [0.2, 0.25) is 0 Å². The minimum Gasteiger partial charge on any atom is -0.390 e. The number of aliphatic hydroxyl groups is 2. The normalized spacial score (nSPS) is 22.9. The lowest BCUT2D eigenvalue weighted by Gasteiger charge is -2.24. The topological polar surface area (TPSA) is 157 Å². The van der Waals surface area contributed by atoms with Crippen molar-refractivity contribution in [2.24, 2.45) is 4.99 Å². The Hall–Kier alpha value is -1.02. The third-order valence-electron chi connectivity index (χ3n) is 9.49. The van der Waals surface area contributed by atoms with Gasteiger partial charge in [-0.2, -0.15) is 11.8 Å². The van der Waals surface area contributed by atoms with Crippen LogP contribution in [-0.2, 0) is 23.1 Å². The first-order valence-electron chi connectivity index (χ1n) is 19.4. The summed E-state index contributed by atoms with van der Waals surface area (Å²) in [6.07, 6.45) is 21.4. The number of hydrogen-bond donors (Lipinski definition) is 4. The zero-order chi connectivity index (χ0) is 36.0. The van der Waals surface area contributed by atoms with Crippen molar-refractivity contribution in [2.75, 3.05) is 32.1 Å². The number of hydrogen-bond acceptors (Lipinski definition) is 11. The summed E-state index contributed by atoms with van der Waals surface area (Å²) in [6.45, 7) is 7.07. The molecule has 2 aliphatic heterocycles. The summed E-state index contributed by atoms with van der Waals surface area (Å²) < 4.78 is 36.8. The van der Waals surface area contributed by atoms with E-state index in [0.29, 0.717) is 29.8 Å². The van der Waals surface area contributed by atoms with Crippen LogP contribution >= 0.6 is 19.6 Å². The predicted molar refractivity (Wildman–Crippen MR) is 201 cm³/mol. The maximum absolute atomic E-state index is 12.6. The fourth-order valence-electron chi connectivity index (χ4n) is 6.40. The number of imidazole rings is 1. The van der Waals surface area contributed by atoms with Crippen molar-refractivity contribution in [3.63, 3.8) is 0 Å². The number of aliphatic imine (C=N–C) groups is 1. The van der Waals surface area contributed by atoms with Crippen molar-refractivity contribution in [1.29, 1.82) is 0 Å². The van der Waals surface area contributed by atoms with Crippen LogP contribution in [-0.4, -0.2) is 86.7 Å². The van der Waals surface area contributed by atoms with Crippen molar-refractivity contribution in [2.45, 2.75) is 172 Å². The molecule has 290 valence electrons. The molecule has 50 heavy (non-hydrogen) atoms. The number of aromatic nitrogens is 2. The Kier molecular flexibility index (Phi) is 21.8. The molecule has 1 aromatic rings. The van der Waals surface area contributed by atoms with Gasteiger partial charge >= 0.3 is 7.82 Å². The Bertz CT molecular complexity index is 1110. The number of fused-ring (bicyclic) bond motifs is 1. The number of nitrogens with zero attached hydrogens (tertiary/aromatic N) is 3. The third-order valence-corrected chi connectivity index (χ3v) is 12.0. The summed E-state index contributed by atoms with van der Waals surface area (Å²) in [4.78, 5) is 18.8. The van der Waals surface area contributed by atoms with Crippen LogP contribution in [0.25, 0.3) is 0 Å². The number of ether oxygens (including phenoxy) is 2. The van der Waals surface area contributed by atoms with Gasteiger partial charge in [0.2, 0.25) is 0 Å². The van der Waals surface area contributed by atoms with Gasteiger partial charge in [-0.25, -0.2) is 14.5 Å². The summed E-state index contributed by atoms with van der Waals surface area (Å²) in [5, 5.41) is 24.2. The van der Waals surface area contributed by atoms with Crippen LogP contribution in [0, 0.1) is 0 Å². The molecular formula is C36H67N4O8PS. The second-order valence-electron chi connectivity index (χ2n) is 13.8. The molecule has 0 aliphatic carbocycles. The van der Waals surface area contributed by atoms with E-state index in [1.807, 2.05) is 11.8 Å². The maximum Gasteiger partial charge on any atom is 0.472 e. The maximum atomic E-state index is 12.6. The van der Waals surface area contributed by atoms with E-state index in [1.165, 1.54) is 109 Å². The van der Waals surface area contributed by atoms with Crippen LogP contribution in [0.3, 0.4) is 0 Å². The van der Waals surface area contributed by atoms with Crippen molar-refractivity contribution in [1.82, 2.24) is 14.9 Å². The quantitative estimate of drug-likeness (QED) is 0.0464. The van der Waals surface area contributed by atoms with Crippen LogP contribution in [0.15, 0.2) is 11.3 Å². The second kappa shape index (κ2) is 25.1. The average Bonchev–Trinajstić information content (AvgIpc) is 3.64. The molecule has 2 aliphatic rings. The summed E-state index contributed by atoms with van der Waals surface area (Å²) in [7, 11) is -4.36. The molecule has 3 heterocycles. The summed E-state index contributed by atoms with van der Waals surface area (Å²) in [6, 6.07) is 0. The molecule has 12 nitrogen and oxygen atoms in total. The highest BCUT2D eigenvalue weighted by Gasteiger charge is 2.38. The van der Waals surface area contributed by atoms with Gasteiger partial charge in [-0.15, -0.1) is 0 Å². The molecule has 3 rings (SSSR count). The minimum absolute atomic E-state index is 0.0141. The SMILES string of the molecule is CCCCCCCCCCCCSC(CCCCCCC)C(C)OCCCOP(=O)(O)OC[C@H]1O[C@H](n2cnc3c2N=CNCC3O)C[C@@H]1O. The number of aliphatic hydroxyl groups excluding tert-OH is 2. The smallest absolute Gasteiger partial charge is 0.390 e. The van der Waals surface area contributed by atoms with Crippen LogP contribution in [0.1, 0.15) is 154 Å². The zero-order valence-corrected chi connectivity index (χ0v) is 32.7. The van der Waals surface area contributed by atoms with E-state index in [9.17, 15) is 19.7 Å². The Labute approximate surface area is 305 Å². The van der Waals surface area contributed by atoms with Crippen molar-refractivity contribution in [3.8, 4) is 0 Å². The van der Waals surface area contributed by atoms with Crippen molar-refractivity contribution >= 4 is 31.7 Å². The van der Waals surface area contributed by atoms with Gasteiger partial charge in [0.15, 0.2) is 5.82 Å². The number of unbranched alkanes of at least 4 members (excludes halogenated alkanes) is 13. The van der Waals surface area contributed by atoms with Gasteiger partial charge < -0.3 is 29.9 Å². The van der Waals surface area contributed by atoms with Crippen LogP contribution in [0.4, 0.5) is 5.82 Å². The molecule has 1 fully saturated rings. The lowest BCUT2D eigenvalue weighted by molar-refractivity contribution is -0.0448. The molecule has 0 aromatic carbocycles. The number of nitrogens with one attached hydrogen (secondary N) is 1. The van der Waals surface area contributed by atoms with Crippen LogP contribution in [0.5, 0.6) is 0 Å². The molecule has 0 bridgehead atoms. The molecule has 0 amide bonds.